The number of halogens is 2. The van der Waals surface area contributed by atoms with Crippen LogP contribution in [0.2, 0.25) is 5.02 Å². The largest absolute Gasteiger partial charge is 0.497 e. The second kappa shape index (κ2) is 5.12. The molecule has 0 saturated carbocycles. The molecule has 0 aliphatic carbocycles. The highest BCUT2D eigenvalue weighted by Gasteiger charge is 2.20. The Bertz CT molecular complexity index is 591. The lowest BCUT2D eigenvalue weighted by Crippen LogP contribution is -2.09. The van der Waals surface area contributed by atoms with E-state index in [4.69, 9.17) is 16.3 Å². The van der Waals surface area contributed by atoms with E-state index in [0.29, 0.717) is 26.5 Å². The fraction of sp³-hybridized carbons (Fsp3) is 0.167. The number of benzene rings is 1. The van der Waals surface area contributed by atoms with Crippen LogP contribution < -0.4 is 4.74 Å². The third kappa shape index (κ3) is 2.28. The zero-order valence-electron chi connectivity index (χ0n) is 9.78. The first-order valence-electron chi connectivity index (χ1n) is 5.10. The molecule has 1 aromatic heterocycles. The SMILES string of the molecule is COc1ccc(Br)c(C(=O)c2c(Cl)cnn2C)c1. The van der Waals surface area contributed by atoms with Crippen LogP contribution in [-0.2, 0) is 7.05 Å². The quantitative estimate of drug-likeness (QED) is 0.813. The van der Waals surface area contributed by atoms with Gasteiger partial charge in [0.05, 0.1) is 18.3 Å². The van der Waals surface area contributed by atoms with Gasteiger partial charge < -0.3 is 4.74 Å². The van der Waals surface area contributed by atoms with E-state index in [9.17, 15) is 4.79 Å². The highest BCUT2D eigenvalue weighted by Crippen LogP contribution is 2.27. The third-order valence-corrected chi connectivity index (χ3v) is 3.50. The van der Waals surface area contributed by atoms with Crippen molar-refractivity contribution in [3.63, 3.8) is 0 Å². The van der Waals surface area contributed by atoms with Gasteiger partial charge in [-0.05, 0) is 18.2 Å². The van der Waals surface area contributed by atoms with Gasteiger partial charge in [0.15, 0.2) is 0 Å². The van der Waals surface area contributed by atoms with Crippen LogP contribution >= 0.6 is 27.5 Å². The summed E-state index contributed by atoms with van der Waals surface area (Å²) in [6, 6.07) is 5.19. The molecule has 1 heterocycles. The summed E-state index contributed by atoms with van der Waals surface area (Å²) < 4.78 is 7.25. The Kier molecular flexibility index (Phi) is 3.73. The zero-order chi connectivity index (χ0) is 13.3. The summed E-state index contributed by atoms with van der Waals surface area (Å²) in [5, 5.41) is 4.28. The Morgan fingerprint density at radius 2 is 2.22 bits per heavy atom. The molecule has 0 aliphatic heterocycles. The van der Waals surface area contributed by atoms with Gasteiger partial charge in [-0.15, -0.1) is 0 Å². The Hall–Kier alpha value is -1.33. The van der Waals surface area contributed by atoms with Gasteiger partial charge >= 0.3 is 0 Å². The number of aromatic nitrogens is 2. The first kappa shape index (κ1) is 13.1. The van der Waals surface area contributed by atoms with Gasteiger partial charge in [-0.3, -0.25) is 9.48 Å². The fourth-order valence-electron chi connectivity index (χ4n) is 1.60. The lowest BCUT2D eigenvalue weighted by atomic mass is 10.1. The van der Waals surface area contributed by atoms with Gasteiger partial charge in [-0.2, -0.15) is 5.10 Å². The molecule has 0 atom stereocenters. The van der Waals surface area contributed by atoms with E-state index >= 15 is 0 Å². The molecular weight excluding hydrogens is 320 g/mol. The summed E-state index contributed by atoms with van der Waals surface area (Å²) in [4.78, 5) is 12.4. The van der Waals surface area contributed by atoms with Gasteiger partial charge in [-0.1, -0.05) is 27.5 Å². The molecule has 0 aliphatic rings. The molecule has 0 unspecified atom stereocenters. The molecule has 18 heavy (non-hydrogen) atoms. The van der Waals surface area contributed by atoms with E-state index in [1.165, 1.54) is 10.9 Å². The van der Waals surface area contributed by atoms with E-state index in [0.717, 1.165) is 0 Å². The molecular formula is C12H10BrClN2O2. The average molecular weight is 330 g/mol. The zero-order valence-corrected chi connectivity index (χ0v) is 12.1. The molecule has 4 nitrogen and oxygen atoms in total. The van der Waals surface area contributed by atoms with Crippen molar-refractivity contribution in [1.29, 1.82) is 0 Å². The lowest BCUT2D eigenvalue weighted by Gasteiger charge is -2.07. The average Bonchev–Trinajstić information content (AvgIpc) is 2.69. The second-order valence-corrected chi connectivity index (χ2v) is 4.90. The van der Waals surface area contributed by atoms with E-state index < -0.39 is 0 Å². The van der Waals surface area contributed by atoms with Gasteiger partial charge in [-0.25, -0.2) is 0 Å². The van der Waals surface area contributed by atoms with Crippen molar-refractivity contribution in [2.45, 2.75) is 0 Å². The van der Waals surface area contributed by atoms with E-state index in [-0.39, 0.29) is 5.78 Å². The van der Waals surface area contributed by atoms with Crippen molar-refractivity contribution in [3.05, 3.63) is 45.1 Å². The van der Waals surface area contributed by atoms with Crippen molar-refractivity contribution < 1.29 is 9.53 Å². The van der Waals surface area contributed by atoms with Gasteiger partial charge in [0.25, 0.3) is 0 Å². The Balaban J connectivity index is 2.52. The summed E-state index contributed by atoms with van der Waals surface area (Å²) in [5.41, 5.74) is 0.838. The molecule has 2 aromatic rings. The molecule has 1 aromatic carbocycles. The van der Waals surface area contributed by atoms with Crippen LogP contribution in [0.3, 0.4) is 0 Å². The number of methoxy groups -OCH3 is 1. The van der Waals surface area contributed by atoms with Crippen molar-refractivity contribution in [3.8, 4) is 5.75 Å². The number of carbonyl (C=O) groups is 1. The van der Waals surface area contributed by atoms with Crippen LogP contribution in [0.15, 0.2) is 28.9 Å². The Morgan fingerprint density at radius 1 is 1.50 bits per heavy atom. The first-order valence-corrected chi connectivity index (χ1v) is 6.27. The number of ketones is 1. The van der Waals surface area contributed by atoms with E-state index in [1.807, 2.05) is 0 Å². The van der Waals surface area contributed by atoms with E-state index in [2.05, 4.69) is 21.0 Å². The van der Waals surface area contributed by atoms with Crippen molar-refractivity contribution in [1.82, 2.24) is 9.78 Å². The van der Waals surface area contributed by atoms with E-state index in [1.54, 1.807) is 32.4 Å². The Morgan fingerprint density at radius 3 is 2.78 bits per heavy atom. The van der Waals surface area contributed by atoms with Crippen LogP contribution in [-0.4, -0.2) is 22.7 Å². The summed E-state index contributed by atoms with van der Waals surface area (Å²) in [6.45, 7) is 0. The van der Waals surface area contributed by atoms with Gasteiger partial charge in [0, 0.05) is 17.1 Å². The molecule has 0 spiro atoms. The predicted molar refractivity (Wildman–Crippen MR) is 72.3 cm³/mol. The van der Waals surface area contributed by atoms with Crippen LogP contribution in [0.5, 0.6) is 5.75 Å². The summed E-state index contributed by atoms with van der Waals surface area (Å²) >= 11 is 9.31. The topological polar surface area (TPSA) is 44.1 Å². The van der Waals surface area contributed by atoms with Crippen LogP contribution in [0.25, 0.3) is 0 Å². The monoisotopic (exact) mass is 328 g/mol. The fourth-order valence-corrected chi connectivity index (χ4v) is 2.28. The molecule has 0 N–H and O–H groups in total. The molecule has 0 radical (unpaired) electrons. The third-order valence-electron chi connectivity index (χ3n) is 2.53. The van der Waals surface area contributed by atoms with Crippen molar-refractivity contribution in [2.75, 3.05) is 7.11 Å². The second-order valence-electron chi connectivity index (χ2n) is 3.64. The molecule has 2 rings (SSSR count). The normalized spacial score (nSPS) is 10.4. The summed E-state index contributed by atoms with van der Waals surface area (Å²) in [7, 11) is 3.22. The molecule has 94 valence electrons. The van der Waals surface area contributed by atoms with Gasteiger partial charge in [0.2, 0.25) is 5.78 Å². The number of aryl methyl sites for hydroxylation is 1. The maximum absolute atomic E-state index is 12.4. The lowest BCUT2D eigenvalue weighted by molar-refractivity contribution is 0.102. The number of ether oxygens (including phenoxy) is 1. The van der Waals surface area contributed by atoms with Crippen LogP contribution in [0, 0.1) is 0 Å². The number of hydrogen-bond donors (Lipinski definition) is 0. The first-order chi connectivity index (χ1) is 8.54. The highest BCUT2D eigenvalue weighted by molar-refractivity contribution is 9.10. The molecule has 6 heteroatoms. The summed E-state index contributed by atoms with van der Waals surface area (Å²) in [5.74, 6) is 0.408. The predicted octanol–water partition coefficient (Wildman–Crippen LogP) is 3.08. The smallest absolute Gasteiger partial charge is 0.213 e. The summed E-state index contributed by atoms with van der Waals surface area (Å²) in [6.07, 6.45) is 1.45. The van der Waals surface area contributed by atoms with Gasteiger partial charge in [0.1, 0.15) is 11.4 Å². The molecule has 0 fully saturated rings. The number of rotatable bonds is 3. The van der Waals surface area contributed by atoms with Crippen molar-refractivity contribution in [2.24, 2.45) is 7.05 Å². The number of hydrogen-bond acceptors (Lipinski definition) is 3. The number of nitrogens with zero attached hydrogens (tertiary/aromatic N) is 2. The number of carbonyl (C=O) groups excluding carboxylic acids is 1. The highest BCUT2D eigenvalue weighted by atomic mass is 79.9. The molecule has 0 bridgehead atoms. The Labute approximate surface area is 118 Å². The molecule has 0 saturated heterocycles. The van der Waals surface area contributed by atoms with Crippen LogP contribution in [0.1, 0.15) is 16.1 Å². The maximum atomic E-state index is 12.4. The standard InChI is InChI=1S/C12H10BrClN2O2/c1-16-11(10(14)6-15-16)12(17)8-5-7(18-2)3-4-9(8)13/h3-6H,1-2H3. The minimum Gasteiger partial charge on any atom is -0.497 e. The minimum absolute atomic E-state index is 0.203. The molecule has 0 amide bonds. The maximum Gasteiger partial charge on any atom is 0.213 e. The van der Waals surface area contributed by atoms with Crippen LogP contribution in [0.4, 0.5) is 0 Å². The van der Waals surface area contributed by atoms with Crippen molar-refractivity contribution >= 4 is 33.3 Å². The minimum atomic E-state index is -0.203.